The van der Waals surface area contributed by atoms with Crippen LogP contribution in [0.5, 0.6) is 0 Å². The third-order valence-corrected chi connectivity index (χ3v) is 1.84. The maximum Gasteiger partial charge on any atom is 0.309 e. The molecule has 2 N–H and O–H groups in total. The minimum atomic E-state index is -0.268. The van der Waals surface area contributed by atoms with Crippen LogP contribution in [0.1, 0.15) is 19.8 Å². The van der Waals surface area contributed by atoms with E-state index in [4.69, 9.17) is 15.7 Å². The highest BCUT2D eigenvalue weighted by Gasteiger charge is 2.32. The van der Waals surface area contributed by atoms with Crippen molar-refractivity contribution >= 4 is 11.8 Å². The van der Waals surface area contributed by atoms with Crippen molar-refractivity contribution in [1.29, 1.82) is 10.9 Å². The lowest BCUT2D eigenvalue weighted by Crippen LogP contribution is -2.11. The van der Waals surface area contributed by atoms with Crippen LogP contribution < -0.4 is 0 Å². The molecule has 5 heteroatoms. The molecule has 1 heterocycles. The Balaban J connectivity index is 2.48. The van der Waals surface area contributed by atoms with Crippen molar-refractivity contribution in [1.82, 2.24) is 0 Å². The molecular weight excluding hydrogens is 158 g/mol. The smallest absolute Gasteiger partial charge is 0.309 e. The monoisotopic (exact) mass is 169 g/mol. The maximum atomic E-state index is 11.0. The van der Waals surface area contributed by atoms with Gasteiger partial charge in [0, 0.05) is 6.42 Å². The summed E-state index contributed by atoms with van der Waals surface area (Å²) < 4.78 is 4.88. The van der Waals surface area contributed by atoms with Gasteiger partial charge in [0.1, 0.15) is 5.84 Å². The molecule has 0 aromatic rings. The number of nitrogens with one attached hydrogen (secondary N) is 2. The van der Waals surface area contributed by atoms with Crippen molar-refractivity contribution in [2.45, 2.75) is 25.9 Å². The van der Waals surface area contributed by atoms with Gasteiger partial charge in [0.25, 0.3) is 0 Å². The van der Waals surface area contributed by atoms with E-state index in [-0.39, 0.29) is 30.2 Å². The van der Waals surface area contributed by atoms with Crippen LogP contribution in [0.3, 0.4) is 0 Å². The van der Waals surface area contributed by atoms with Gasteiger partial charge >= 0.3 is 5.97 Å². The van der Waals surface area contributed by atoms with E-state index in [1.165, 1.54) is 0 Å². The number of ether oxygens (including phenoxy) is 1. The molecule has 1 rings (SSSR count). The Morgan fingerprint density at radius 2 is 2.50 bits per heavy atom. The van der Waals surface area contributed by atoms with Crippen molar-refractivity contribution in [2.24, 2.45) is 11.0 Å². The second-order valence-corrected chi connectivity index (χ2v) is 2.94. The number of carbonyl (C=O) groups is 1. The molecular formula is C7H11N3O2. The minimum Gasteiger partial charge on any atom is -0.462 e. The molecule has 0 amide bonds. The van der Waals surface area contributed by atoms with Crippen LogP contribution >= 0.6 is 0 Å². The standard InChI is InChI=1S/C7H11N3O2/c1-4-2-5(7(11)12-4)3-6(8)10-9/h4-5,8-9H,2-3H2,1H3/t4?,5-/m0/s1. The molecule has 5 nitrogen and oxygen atoms in total. The molecule has 66 valence electrons. The average molecular weight is 169 g/mol. The second kappa shape index (κ2) is 3.42. The molecule has 2 atom stereocenters. The summed E-state index contributed by atoms with van der Waals surface area (Å²) in [5, 5.41) is 10.0. The van der Waals surface area contributed by atoms with E-state index in [0.717, 1.165) is 0 Å². The zero-order valence-corrected chi connectivity index (χ0v) is 6.83. The number of carbonyl (C=O) groups excluding carboxylic acids is 1. The van der Waals surface area contributed by atoms with Gasteiger partial charge in [0.15, 0.2) is 0 Å². The van der Waals surface area contributed by atoms with Crippen LogP contribution in [0.2, 0.25) is 0 Å². The van der Waals surface area contributed by atoms with Crippen molar-refractivity contribution in [3.8, 4) is 0 Å². The number of amidine groups is 1. The summed E-state index contributed by atoms with van der Waals surface area (Å²) in [6, 6.07) is 0. The SMILES string of the molecule is CC1C[C@@H](CC(=N)N=N)C(=O)O1. The molecule has 12 heavy (non-hydrogen) atoms. The lowest BCUT2D eigenvalue weighted by molar-refractivity contribution is -0.143. The summed E-state index contributed by atoms with van der Waals surface area (Å²) in [6.45, 7) is 1.82. The first kappa shape index (κ1) is 8.83. The molecule has 0 spiro atoms. The predicted octanol–water partition coefficient (Wildman–Crippen LogP) is 1.34. The normalized spacial score (nSPS) is 28.2. The highest BCUT2D eigenvalue weighted by atomic mass is 16.5. The van der Waals surface area contributed by atoms with E-state index in [1.807, 2.05) is 6.92 Å². The fourth-order valence-electron chi connectivity index (χ4n) is 1.29. The number of hydrogen-bond donors (Lipinski definition) is 2. The second-order valence-electron chi connectivity index (χ2n) is 2.94. The average Bonchev–Trinajstić information content (AvgIpc) is 2.30. The van der Waals surface area contributed by atoms with E-state index in [0.29, 0.717) is 6.42 Å². The molecule has 0 aromatic heterocycles. The van der Waals surface area contributed by atoms with E-state index in [9.17, 15) is 4.79 Å². The molecule has 0 bridgehead atoms. The van der Waals surface area contributed by atoms with Gasteiger partial charge in [0.2, 0.25) is 0 Å². The zero-order chi connectivity index (χ0) is 9.14. The first-order chi connectivity index (χ1) is 5.63. The molecule has 0 aromatic carbocycles. The van der Waals surface area contributed by atoms with Gasteiger partial charge in [-0.25, -0.2) is 5.53 Å². The first-order valence-electron chi connectivity index (χ1n) is 3.79. The highest BCUT2D eigenvalue weighted by Crippen LogP contribution is 2.23. The zero-order valence-electron chi connectivity index (χ0n) is 6.83. The third kappa shape index (κ3) is 1.87. The number of esters is 1. The lowest BCUT2D eigenvalue weighted by atomic mass is 10.0. The van der Waals surface area contributed by atoms with Gasteiger partial charge < -0.3 is 4.74 Å². The summed E-state index contributed by atoms with van der Waals surface area (Å²) in [4.78, 5) is 11.0. The molecule has 0 radical (unpaired) electrons. The van der Waals surface area contributed by atoms with Crippen LogP contribution in [0.15, 0.2) is 5.11 Å². The summed E-state index contributed by atoms with van der Waals surface area (Å²) in [7, 11) is 0. The predicted molar refractivity (Wildman–Crippen MR) is 41.2 cm³/mol. The van der Waals surface area contributed by atoms with Crippen LogP contribution in [0.4, 0.5) is 0 Å². The Kier molecular flexibility index (Phi) is 2.52. The number of hydrogen-bond acceptors (Lipinski definition) is 4. The molecule has 1 fully saturated rings. The Labute approximate surface area is 70.1 Å². The molecule has 1 aliphatic heterocycles. The van der Waals surface area contributed by atoms with Crippen molar-refractivity contribution < 1.29 is 9.53 Å². The van der Waals surface area contributed by atoms with Crippen molar-refractivity contribution in [3.63, 3.8) is 0 Å². The van der Waals surface area contributed by atoms with Crippen LogP contribution in [-0.4, -0.2) is 17.9 Å². The maximum absolute atomic E-state index is 11.0. The largest absolute Gasteiger partial charge is 0.462 e. The van der Waals surface area contributed by atoms with Gasteiger partial charge in [0.05, 0.1) is 12.0 Å². The van der Waals surface area contributed by atoms with Crippen molar-refractivity contribution in [2.75, 3.05) is 0 Å². The van der Waals surface area contributed by atoms with Crippen LogP contribution in [0.25, 0.3) is 0 Å². The molecule has 0 aliphatic carbocycles. The fourth-order valence-corrected chi connectivity index (χ4v) is 1.29. The summed E-state index contributed by atoms with van der Waals surface area (Å²) in [6.07, 6.45) is 0.810. The number of cyclic esters (lactones) is 1. The summed E-state index contributed by atoms with van der Waals surface area (Å²) in [5.74, 6) is -0.594. The van der Waals surface area contributed by atoms with E-state index in [2.05, 4.69) is 5.11 Å². The Hall–Kier alpha value is -1.26. The lowest BCUT2D eigenvalue weighted by Gasteiger charge is -2.00. The minimum absolute atomic E-state index is 0.0546. The highest BCUT2D eigenvalue weighted by molar-refractivity contribution is 5.85. The summed E-state index contributed by atoms with van der Waals surface area (Å²) >= 11 is 0. The van der Waals surface area contributed by atoms with E-state index in [1.54, 1.807) is 0 Å². The van der Waals surface area contributed by atoms with E-state index >= 15 is 0 Å². The summed E-state index contributed by atoms with van der Waals surface area (Å²) in [5.41, 5.74) is 6.54. The van der Waals surface area contributed by atoms with Crippen LogP contribution in [-0.2, 0) is 9.53 Å². The quantitative estimate of drug-likeness (QED) is 0.283. The van der Waals surface area contributed by atoms with Gasteiger partial charge in [-0.05, 0) is 13.3 Å². The van der Waals surface area contributed by atoms with Crippen LogP contribution in [0, 0.1) is 16.9 Å². The van der Waals surface area contributed by atoms with Crippen molar-refractivity contribution in [3.05, 3.63) is 0 Å². The topological polar surface area (TPSA) is 86.4 Å². The number of nitrogens with zero attached hydrogens (tertiary/aromatic N) is 1. The molecule has 1 aliphatic rings. The van der Waals surface area contributed by atoms with Gasteiger partial charge in [-0.1, -0.05) is 0 Å². The first-order valence-corrected chi connectivity index (χ1v) is 3.79. The van der Waals surface area contributed by atoms with Gasteiger partial charge in [-0.3, -0.25) is 10.2 Å². The Morgan fingerprint density at radius 3 is 2.92 bits per heavy atom. The molecule has 1 unspecified atom stereocenters. The Morgan fingerprint density at radius 1 is 1.83 bits per heavy atom. The molecule has 0 saturated carbocycles. The Bertz CT molecular complexity index is 227. The third-order valence-electron chi connectivity index (χ3n) is 1.84. The van der Waals surface area contributed by atoms with Gasteiger partial charge in [-0.2, -0.15) is 0 Å². The molecule has 1 saturated heterocycles. The number of rotatable bonds is 2. The van der Waals surface area contributed by atoms with Gasteiger partial charge in [-0.15, -0.1) is 5.11 Å². The van der Waals surface area contributed by atoms with E-state index < -0.39 is 0 Å². The fraction of sp³-hybridized carbons (Fsp3) is 0.714.